The Balaban J connectivity index is 2.45. The molecule has 0 amide bonds. The number of alkyl halides is 1. The van der Waals surface area contributed by atoms with Crippen molar-refractivity contribution in [2.24, 2.45) is 0 Å². The summed E-state index contributed by atoms with van der Waals surface area (Å²) in [5, 5.41) is -0.350. The largest absolute Gasteiger partial charge is 0.279 e. The molecule has 0 saturated heterocycles. The third-order valence-corrected chi connectivity index (χ3v) is 4.82. The lowest BCUT2D eigenvalue weighted by atomic mass is 10.1. The predicted molar refractivity (Wildman–Crippen MR) is 82.7 cm³/mol. The number of hydrogen-bond acceptors (Lipinski definition) is 2. The molecule has 0 saturated carbocycles. The Bertz CT molecular complexity index is 760. The molecule has 112 valence electrons. The molecule has 2 aromatic carbocycles. The third kappa shape index (κ3) is 3.54. The van der Waals surface area contributed by atoms with E-state index < -0.39 is 15.8 Å². The molecule has 0 radical (unpaired) electrons. The highest BCUT2D eigenvalue weighted by atomic mass is 35.5. The number of aryl methyl sites for hydroxylation is 1. The Morgan fingerprint density at radius 2 is 1.86 bits per heavy atom. The molecule has 1 atom stereocenters. The van der Waals surface area contributed by atoms with Gasteiger partial charge in [-0.2, -0.15) is 0 Å². The number of nitrogens with one attached hydrogen (secondary N) is 1. The number of hydrogen-bond donors (Lipinski definition) is 1. The van der Waals surface area contributed by atoms with Crippen LogP contribution in [0.4, 0.5) is 10.1 Å². The first-order valence-corrected chi connectivity index (χ1v) is 8.25. The van der Waals surface area contributed by atoms with Gasteiger partial charge in [0.15, 0.2) is 0 Å². The summed E-state index contributed by atoms with van der Waals surface area (Å²) in [4.78, 5) is -0.0838. The van der Waals surface area contributed by atoms with Gasteiger partial charge in [0.1, 0.15) is 5.82 Å². The molecule has 0 aliphatic rings. The SMILES string of the molecule is Cc1ccc(F)cc1S(=O)(=O)Nc1ccccc1C(C)Cl. The fourth-order valence-electron chi connectivity index (χ4n) is 2.00. The van der Waals surface area contributed by atoms with Crippen molar-refractivity contribution < 1.29 is 12.8 Å². The lowest BCUT2D eigenvalue weighted by Gasteiger charge is -2.15. The van der Waals surface area contributed by atoms with Crippen LogP contribution in [0.2, 0.25) is 0 Å². The van der Waals surface area contributed by atoms with E-state index in [1.165, 1.54) is 12.1 Å². The minimum atomic E-state index is -3.87. The summed E-state index contributed by atoms with van der Waals surface area (Å²) in [6.07, 6.45) is 0. The lowest BCUT2D eigenvalue weighted by molar-refractivity contribution is 0.594. The second-order valence-electron chi connectivity index (χ2n) is 4.72. The van der Waals surface area contributed by atoms with Crippen LogP contribution in [0.15, 0.2) is 47.4 Å². The summed E-state index contributed by atoms with van der Waals surface area (Å²) in [5.74, 6) is -0.597. The minimum absolute atomic E-state index is 0.0838. The van der Waals surface area contributed by atoms with Crippen molar-refractivity contribution in [1.29, 1.82) is 0 Å². The molecule has 0 heterocycles. The van der Waals surface area contributed by atoms with Crippen molar-refractivity contribution in [3.8, 4) is 0 Å². The van der Waals surface area contributed by atoms with Gasteiger partial charge in [-0.05, 0) is 43.2 Å². The highest BCUT2D eigenvalue weighted by Crippen LogP contribution is 2.29. The Morgan fingerprint density at radius 3 is 2.52 bits per heavy atom. The topological polar surface area (TPSA) is 46.2 Å². The van der Waals surface area contributed by atoms with E-state index in [2.05, 4.69) is 4.72 Å². The molecule has 3 nitrogen and oxygen atoms in total. The predicted octanol–water partition coefficient (Wildman–Crippen LogP) is 4.23. The summed E-state index contributed by atoms with van der Waals surface area (Å²) in [5.41, 5.74) is 1.53. The van der Waals surface area contributed by atoms with Gasteiger partial charge in [-0.3, -0.25) is 4.72 Å². The molecule has 1 unspecified atom stereocenters. The molecule has 0 aromatic heterocycles. The normalized spacial score (nSPS) is 13.0. The van der Waals surface area contributed by atoms with Crippen LogP contribution in [0.25, 0.3) is 0 Å². The summed E-state index contributed by atoms with van der Waals surface area (Å²) < 4.78 is 40.6. The molecule has 0 fully saturated rings. The van der Waals surface area contributed by atoms with E-state index >= 15 is 0 Å². The zero-order valence-corrected chi connectivity index (χ0v) is 13.2. The molecule has 1 N–H and O–H groups in total. The molecule has 0 aliphatic heterocycles. The van der Waals surface area contributed by atoms with Crippen molar-refractivity contribution in [3.63, 3.8) is 0 Å². The Morgan fingerprint density at radius 1 is 1.19 bits per heavy atom. The van der Waals surface area contributed by atoms with E-state index in [0.29, 0.717) is 16.8 Å². The average molecular weight is 328 g/mol. The number of benzene rings is 2. The number of rotatable bonds is 4. The van der Waals surface area contributed by atoms with Gasteiger partial charge < -0.3 is 0 Å². The first-order chi connectivity index (χ1) is 9.81. The van der Waals surface area contributed by atoms with Crippen LogP contribution in [0.5, 0.6) is 0 Å². The van der Waals surface area contributed by atoms with Crippen LogP contribution in [-0.4, -0.2) is 8.42 Å². The summed E-state index contributed by atoms with van der Waals surface area (Å²) in [6, 6.07) is 10.5. The Kier molecular flexibility index (Phi) is 4.54. The van der Waals surface area contributed by atoms with Crippen molar-refractivity contribution in [1.82, 2.24) is 0 Å². The zero-order chi connectivity index (χ0) is 15.6. The number of para-hydroxylation sites is 1. The zero-order valence-electron chi connectivity index (χ0n) is 11.6. The minimum Gasteiger partial charge on any atom is -0.279 e. The highest BCUT2D eigenvalue weighted by molar-refractivity contribution is 7.92. The van der Waals surface area contributed by atoms with Crippen molar-refractivity contribution in [2.75, 3.05) is 4.72 Å². The van der Waals surface area contributed by atoms with Gasteiger partial charge in [-0.1, -0.05) is 24.3 Å². The summed E-state index contributed by atoms with van der Waals surface area (Å²) >= 11 is 6.04. The van der Waals surface area contributed by atoms with Crippen molar-refractivity contribution in [3.05, 3.63) is 59.4 Å². The Labute approximate surface area is 128 Å². The maximum Gasteiger partial charge on any atom is 0.262 e. The van der Waals surface area contributed by atoms with Crippen molar-refractivity contribution >= 4 is 27.3 Å². The fraction of sp³-hybridized carbons (Fsp3) is 0.200. The van der Waals surface area contributed by atoms with E-state index in [1.54, 1.807) is 38.1 Å². The van der Waals surface area contributed by atoms with Crippen LogP contribution in [0.1, 0.15) is 23.4 Å². The quantitative estimate of drug-likeness (QED) is 0.854. The van der Waals surface area contributed by atoms with E-state index in [9.17, 15) is 12.8 Å². The molecular weight excluding hydrogens is 313 g/mol. The van der Waals surface area contributed by atoms with Crippen LogP contribution in [0.3, 0.4) is 0 Å². The van der Waals surface area contributed by atoms with Crippen LogP contribution in [-0.2, 0) is 10.0 Å². The van der Waals surface area contributed by atoms with E-state index in [-0.39, 0.29) is 10.3 Å². The van der Waals surface area contributed by atoms with Gasteiger partial charge in [0, 0.05) is 0 Å². The third-order valence-electron chi connectivity index (χ3n) is 3.07. The van der Waals surface area contributed by atoms with E-state index in [1.807, 2.05) is 0 Å². The maximum atomic E-state index is 13.3. The standard InChI is InChI=1S/C15H15ClFNO2S/c1-10-7-8-12(17)9-15(10)21(19,20)18-14-6-4-3-5-13(14)11(2)16/h3-9,11,18H,1-2H3. The summed E-state index contributed by atoms with van der Waals surface area (Å²) in [7, 11) is -3.87. The van der Waals surface area contributed by atoms with Gasteiger partial charge in [-0.15, -0.1) is 11.6 Å². The monoisotopic (exact) mass is 327 g/mol. The first kappa shape index (κ1) is 15.8. The molecule has 21 heavy (non-hydrogen) atoms. The van der Waals surface area contributed by atoms with Gasteiger partial charge >= 0.3 is 0 Å². The van der Waals surface area contributed by atoms with Crippen LogP contribution in [0, 0.1) is 12.7 Å². The molecule has 0 bridgehead atoms. The van der Waals surface area contributed by atoms with E-state index in [4.69, 9.17) is 11.6 Å². The van der Waals surface area contributed by atoms with Crippen LogP contribution >= 0.6 is 11.6 Å². The smallest absolute Gasteiger partial charge is 0.262 e. The van der Waals surface area contributed by atoms with Crippen molar-refractivity contribution in [2.45, 2.75) is 24.1 Å². The van der Waals surface area contributed by atoms with E-state index in [0.717, 1.165) is 6.07 Å². The molecule has 2 rings (SSSR count). The van der Waals surface area contributed by atoms with Gasteiger partial charge in [-0.25, -0.2) is 12.8 Å². The number of halogens is 2. The molecule has 2 aromatic rings. The molecular formula is C15H15ClFNO2S. The average Bonchev–Trinajstić information content (AvgIpc) is 2.41. The lowest BCUT2D eigenvalue weighted by Crippen LogP contribution is -2.15. The Hall–Kier alpha value is -1.59. The molecule has 6 heteroatoms. The maximum absolute atomic E-state index is 13.3. The van der Waals surface area contributed by atoms with Gasteiger partial charge in [0.25, 0.3) is 10.0 Å². The number of sulfonamides is 1. The fourth-order valence-corrected chi connectivity index (χ4v) is 3.54. The highest BCUT2D eigenvalue weighted by Gasteiger charge is 2.20. The molecule has 0 aliphatic carbocycles. The number of anilines is 1. The molecule has 0 spiro atoms. The summed E-state index contributed by atoms with van der Waals surface area (Å²) in [6.45, 7) is 3.37. The second-order valence-corrected chi connectivity index (χ2v) is 7.02. The second kappa shape index (κ2) is 6.03. The van der Waals surface area contributed by atoms with Crippen LogP contribution < -0.4 is 4.72 Å². The first-order valence-electron chi connectivity index (χ1n) is 6.33. The van der Waals surface area contributed by atoms with Gasteiger partial charge in [0.2, 0.25) is 0 Å². The van der Waals surface area contributed by atoms with Gasteiger partial charge in [0.05, 0.1) is 16.0 Å².